The van der Waals surface area contributed by atoms with Crippen LogP contribution in [0, 0.1) is 11.3 Å². The molecular formula is C12H12N4. The van der Waals surface area contributed by atoms with E-state index in [1.165, 1.54) is 0 Å². The van der Waals surface area contributed by atoms with Crippen molar-refractivity contribution in [3.63, 3.8) is 0 Å². The van der Waals surface area contributed by atoms with Gasteiger partial charge in [0.2, 0.25) is 0 Å². The van der Waals surface area contributed by atoms with E-state index in [0.717, 1.165) is 36.4 Å². The van der Waals surface area contributed by atoms with E-state index in [9.17, 15) is 0 Å². The molecule has 3 rings (SSSR count). The summed E-state index contributed by atoms with van der Waals surface area (Å²) >= 11 is 0. The summed E-state index contributed by atoms with van der Waals surface area (Å²) in [6.07, 6.45) is 1.13. The number of fused-ring (bicyclic) bond motifs is 1. The van der Waals surface area contributed by atoms with E-state index in [0.29, 0.717) is 11.5 Å². The van der Waals surface area contributed by atoms with Gasteiger partial charge < -0.3 is 10.3 Å². The molecule has 80 valence electrons. The van der Waals surface area contributed by atoms with Gasteiger partial charge in [0.15, 0.2) is 0 Å². The molecule has 2 aromatic rings. The van der Waals surface area contributed by atoms with E-state index in [-0.39, 0.29) is 0 Å². The van der Waals surface area contributed by atoms with Crippen LogP contribution in [-0.4, -0.2) is 23.1 Å². The molecule has 0 unspecified atom stereocenters. The summed E-state index contributed by atoms with van der Waals surface area (Å²) < 4.78 is 0. The summed E-state index contributed by atoms with van der Waals surface area (Å²) in [6.45, 7) is 2.05. The second-order valence-electron chi connectivity index (χ2n) is 4.16. The maximum absolute atomic E-state index is 8.82. The van der Waals surface area contributed by atoms with Gasteiger partial charge in [-0.3, -0.25) is 0 Å². The summed E-state index contributed by atoms with van der Waals surface area (Å²) in [5.41, 5.74) is 2.58. The van der Waals surface area contributed by atoms with Gasteiger partial charge in [-0.1, -0.05) is 0 Å². The lowest BCUT2D eigenvalue weighted by molar-refractivity contribution is 0.717. The standard InChI is InChI=1S/C12H12N4/c13-6-8-1-2-10-11(5-8)16-12(15-10)9-3-4-14-7-9/h1-2,5,9,14H,3-4,7H2,(H,15,16)/t9-/m1/s1. The maximum Gasteiger partial charge on any atom is 0.111 e. The molecule has 2 heterocycles. The van der Waals surface area contributed by atoms with Crippen LogP contribution in [0.5, 0.6) is 0 Å². The third-order valence-corrected chi connectivity index (χ3v) is 3.08. The highest BCUT2D eigenvalue weighted by atomic mass is 15.0. The van der Waals surface area contributed by atoms with Crippen LogP contribution in [-0.2, 0) is 0 Å². The zero-order chi connectivity index (χ0) is 11.0. The number of aromatic nitrogens is 2. The number of nitrogens with one attached hydrogen (secondary N) is 2. The van der Waals surface area contributed by atoms with Crippen LogP contribution in [0.4, 0.5) is 0 Å². The molecule has 2 N–H and O–H groups in total. The Morgan fingerprint density at radius 1 is 1.44 bits per heavy atom. The van der Waals surface area contributed by atoms with Gasteiger partial charge in [-0.15, -0.1) is 0 Å². The van der Waals surface area contributed by atoms with E-state index in [1.807, 2.05) is 12.1 Å². The van der Waals surface area contributed by atoms with Gasteiger partial charge in [-0.2, -0.15) is 5.26 Å². The fraction of sp³-hybridized carbons (Fsp3) is 0.333. The summed E-state index contributed by atoms with van der Waals surface area (Å²) in [5, 5.41) is 12.1. The van der Waals surface area contributed by atoms with Crippen LogP contribution in [0.15, 0.2) is 18.2 Å². The number of benzene rings is 1. The molecule has 0 aliphatic carbocycles. The van der Waals surface area contributed by atoms with Crippen molar-refractivity contribution in [1.82, 2.24) is 15.3 Å². The smallest absolute Gasteiger partial charge is 0.111 e. The van der Waals surface area contributed by atoms with Crippen LogP contribution < -0.4 is 5.32 Å². The van der Waals surface area contributed by atoms with E-state index in [4.69, 9.17) is 5.26 Å². The fourth-order valence-corrected chi connectivity index (χ4v) is 2.18. The van der Waals surface area contributed by atoms with Crippen LogP contribution in [0.3, 0.4) is 0 Å². The Labute approximate surface area is 93.3 Å². The topological polar surface area (TPSA) is 64.5 Å². The number of rotatable bonds is 1. The van der Waals surface area contributed by atoms with Crippen LogP contribution in [0.25, 0.3) is 11.0 Å². The number of H-pyrrole nitrogens is 1. The number of nitrogens with zero attached hydrogens (tertiary/aromatic N) is 2. The molecule has 4 heteroatoms. The molecule has 1 aromatic carbocycles. The molecule has 4 nitrogen and oxygen atoms in total. The Morgan fingerprint density at radius 2 is 2.38 bits per heavy atom. The predicted molar refractivity (Wildman–Crippen MR) is 61.0 cm³/mol. The van der Waals surface area contributed by atoms with Gasteiger partial charge in [-0.25, -0.2) is 4.98 Å². The second-order valence-corrected chi connectivity index (χ2v) is 4.16. The van der Waals surface area contributed by atoms with Gasteiger partial charge in [0.25, 0.3) is 0 Å². The van der Waals surface area contributed by atoms with Crippen molar-refractivity contribution in [1.29, 1.82) is 5.26 Å². The third-order valence-electron chi connectivity index (χ3n) is 3.08. The summed E-state index contributed by atoms with van der Waals surface area (Å²) in [4.78, 5) is 7.88. The molecule has 0 spiro atoms. The Morgan fingerprint density at radius 3 is 3.12 bits per heavy atom. The van der Waals surface area contributed by atoms with Crippen LogP contribution in [0.2, 0.25) is 0 Å². The number of hydrogen-bond donors (Lipinski definition) is 2. The maximum atomic E-state index is 8.82. The average Bonchev–Trinajstić information content (AvgIpc) is 2.96. The molecule has 0 amide bonds. The Hall–Kier alpha value is -1.86. The Kier molecular flexibility index (Phi) is 2.12. The molecule has 1 aliphatic heterocycles. The third kappa shape index (κ3) is 1.46. The molecule has 1 aliphatic rings. The molecule has 1 aromatic heterocycles. The number of aromatic amines is 1. The minimum absolute atomic E-state index is 0.484. The van der Waals surface area contributed by atoms with Crippen molar-refractivity contribution in [2.45, 2.75) is 12.3 Å². The first kappa shape index (κ1) is 9.37. The lowest BCUT2D eigenvalue weighted by Crippen LogP contribution is -2.08. The predicted octanol–water partition coefficient (Wildman–Crippen LogP) is 1.51. The highest BCUT2D eigenvalue weighted by Gasteiger charge is 2.19. The molecular weight excluding hydrogens is 200 g/mol. The molecule has 16 heavy (non-hydrogen) atoms. The van der Waals surface area contributed by atoms with E-state index in [1.54, 1.807) is 6.07 Å². The SMILES string of the molecule is N#Cc1ccc2nc([C@@H]3CCNC3)[nH]c2c1. The quantitative estimate of drug-likeness (QED) is 0.753. The number of hydrogen-bond acceptors (Lipinski definition) is 3. The van der Waals surface area contributed by atoms with Crippen molar-refractivity contribution >= 4 is 11.0 Å². The summed E-state index contributed by atoms with van der Waals surface area (Å²) in [5.74, 6) is 1.52. The van der Waals surface area contributed by atoms with Gasteiger partial charge in [0, 0.05) is 12.5 Å². The minimum atomic E-state index is 0.484. The van der Waals surface area contributed by atoms with Gasteiger partial charge in [0.05, 0.1) is 22.7 Å². The average molecular weight is 212 g/mol. The van der Waals surface area contributed by atoms with Crippen LogP contribution >= 0.6 is 0 Å². The first-order chi connectivity index (χ1) is 7.86. The van der Waals surface area contributed by atoms with Gasteiger partial charge >= 0.3 is 0 Å². The summed E-state index contributed by atoms with van der Waals surface area (Å²) in [7, 11) is 0. The molecule has 0 saturated carbocycles. The van der Waals surface area contributed by atoms with E-state index < -0.39 is 0 Å². The van der Waals surface area contributed by atoms with Crippen molar-refractivity contribution in [3.05, 3.63) is 29.6 Å². The van der Waals surface area contributed by atoms with Crippen molar-refractivity contribution < 1.29 is 0 Å². The number of nitriles is 1. The summed E-state index contributed by atoms with van der Waals surface area (Å²) in [6, 6.07) is 7.70. The van der Waals surface area contributed by atoms with Crippen molar-refractivity contribution in [3.8, 4) is 6.07 Å². The monoisotopic (exact) mass is 212 g/mol. The van der Waals surface area contributed by atoms with E-state index in [2.05, 4.69) is 21.4 Å². The van der Waals surface area contributed by atoms with Gasteiger partial charge in [0.1, 0.15) is 5.82 Å². The molecule has 1 saturated heterocycles. The number of imidazole rings is 1. The molecule has 1 atom stereocenters. The van der Waals surface area contributed by atoms with Crippen molar-refractivity contribution in [2.75, 3.05) is 13.1 Å². The lowest BCUT2D eigenvalue weighted by Gasteiger charge is -2.01. The zero-order valence-corrected chi connectivity index (χ0v) is 8.83. The van der Waals surface area contributed by atoms with Crippen molar-refractivity contribution in [2.24, 2.45) is 0 Å². The Balaban J connectivity index is 2.05. The van der Waals surface area contributed by atoms with Gasteiger partial charge in [-0.05, 0) is 31.2 Å². The molecule has 0 bridgehead atoms. The zero-order valence-electron chi connectivity index (χ0n) is 8.83. The molecule has 1 fully saturated rings. The normalized spacial score (nSPS) is 20.1. The first-order valence-corrected chi connectivity index (χ1v) is 5.47. The second kappa shape index (κ2) is 3.62. The Bertz CT molecular complexity index is 558. The fourth-order valence-electron chi connectivity index (χ4n) is 2.18. The lowest BCUT2D eigenvalue weighted by atomic mass is 10.1. The largest absolute Gasteiger partial charge is 0.342 e. The van der Waals surface area contributed by atoms with E-state index >= 15 is 0 Å². The first-order valence-electron chi connectivity index (χ1n) is 5.47. The highest BCUT2D eigenvalue weighted by molar-refractivity contribution is 5.76. The minimum Gasteiger partial charge on any atom is -0.342 e. The highest BCUT2D eigenvalue weighted by Crippen LogP contribution is 2.22. The van der Waals surface area contributed by atoms with Crippen LogP contribution in [0.1, 0.15) is 23.7 Å². The molecule has 0 radical (unpaired) electrons.